The second-order valence-corrected chi connectivity index (χ2v) is 4.45. The second kappa shape index (κ2) is 5.09. The number of nitrogens with zero attached hydrogens (tertiary/aromatic N) is 2. The number of nitro groups is 1. The molecular formula is C15H11N3O3. The number of nitrogens with two attached hydrogens (primary N) is 1. The summed E-state index contributed by atoms with van der Waals surface area (Å²) in [6.07, 6.45) is 1.69. The molecule has 0 amide bonds. The van der Waals surface area contributed by atoms with Crippen molar-refractivity contribution < 1.29 is 9.66 Å². The normalized spacial score (nSPS) is 10.5. The number of benzene rings is 2. The minimum absolute atomic E-state index is 0.108. The first kappa shape index (κ1) is 12.9. The molecule has 0 fully saturated rings. The Morgan fingerprint density at radius 3 is 2.81 bits per heavy atom. The molecule has 0 atom stereocenters. The summed E-state index contributed by atoms with van der Waals surface area (Å²) in [6.45, 7) is 0. The van der Waals surface area contributed by atoms with Crippen molar-refractivity contribution in [2.45, 2.75) is 0 Å². The zero-order valence-electron chi connectivity index (χ0n) is 10.9. The number of hydrogen-bond acceptors (Lipinski definition) is 5. The lowest BCUT2D eigenvalue weighted by Crippen LogP contribution is -1.94. The largest absolute Gasteiger partial charge is 0.456 e. The molecule has 1 aromatic heterocycles. The van der Waals surface area contributed by atoms with E-state index in [-0.39, 0.29) is 11.4 Å². The van der Waals surface area contributed by atoms with Crippen molar-refractivity contribution in [1.29, 1.82) is 0 Å². The summed E-state index contributed by atoms with van der Waals surface area (Å²) >= 11 is 0. The first-order chi connectivity index (χ1) is 10.1. The van der Waals surface area contributed by atoms with Gasteiger partial charge in [-0.25, -0.2) is 0 Å². The third kappa shape index (κ3) is 2.59. The van der Waals surface area contributed by atoms with Crippen LogP contribution in [0.5, 0.6) is 11.5 Å². The molecule has 104 valence electrons. The Morgan fingerprint density at radius 1 is 1.14 bits per heavy atom. The Bertz CT molecular complexity index is 828. The molecule has 2 aromatic carbocycles. The Labute approximate surface area is 119 Å². The van der Waals surface area contributed by atoms with Crippen molar-refractivity contribution in [2.75, 3.05) is 5.73 Å². The average Bonchev–Trinajstić information content (AvgIpc) is 2.47. The van der Waals surface area contributed by atoms with E-state index >= 15 is 0 Å². The highest BCUT2D eigenvalue weighted by Gasteiger charge is 2.11. The first-order valence-corrected chi connectivity index (χ1v) is 6.20. The van der Waals surface area contributed by atoms with E-state index in [1.165, 1.54) is 12.1 Å². The highest BCUT2D eigenvalue weighted by atomic mass is 16.6. The van der Waals surface area contributed by atoms with Crippen LogP contribution in [0.4, 0.5) is 11.4 Å². The number of ether oxygens (including phenoxy) is 1. The molecule has 0 aliphatic rings. The van der Waals surface area contributed by atoms with Crippen molar-refractivity contribution in [3.05, 3.63) is 64.8 Å². The van der Waals surface area contributed by atoms with Crippen molar-refractivity contribution in [3.8, 4) is 11.5 Å². The Kier molecular flexibility index (Phi) is 3.12. The molecule has 0 saturated heterocycles. The van der Waals surface area contributed by atoms with Crippen LogP contribution in [0.1, 0.15) is 0 Å². The number of rotatable bonds is 3. The molecule has 0 radical (unpaired) electrons. The van der Waals surface area contributed by atoms with Crippen LogP contribution >= 0.6 is 0 Å². The standard InChI is InChI=1S/C15H11N3O3/c16-10-7-11(18(19)20)9-12(8-10)21-15-5-1-4-14-13(15)3-2-6-17-14/h1-9H,16H2. The minimum Gasteiger partial charge on any atom is -0.456 e. The minimum atomic E-state index is -0.506. The van der Waals surface area contributed by atoms with E-state index < -0.39 is 4.92 Å². The maximum absolute atomic E-state index is 10.9. The van der Waals surface area contributed by atoms with Gasteiger partial charge >= 0.3 is 0 Å². The fraction of sp³-hybridized carbons (Fsp3) is 0. The predicted molar refractivity (Wildman–Crippen MR) is 79.3 cm³/mol. The van der Waals surface area contributed by atoms with Crippen LogP contribution in [-0.2, 0) is 0 Å². The van der Waals surface area contributed by atoms with E-state index in [0.717, 1.165) is 10.9 Å². The van der Waals surface area contributed by atoms with Crippen LogP contribution < -0.4 is 10.5 Å². The molecule has 6 nitrogen and oxygen atoms in total. The van der Waals surface area contributed by atoms with E-state index in [0.29, 0.717) is 11.5 Å². The van der Waals surface area contributed by atoms with Gasteiger partial charge in [-0.2, -0.15) is 0 Å². The summed E-state index contributed by atoms with van der Waals surface area (Å²) in [7, 11) is 0. The third-order valence-corrected chi connectivity index (χ3v) is 2.96. The molecule has 2 N–H and O–H groups in total. The van der Waals surface area contributed by atoms with Crippen LogP contribution in [0, 0.1) is 10.1 Å². The Hall–Kier alpha value is -3.15. The molecule has 0 bridgehead atoms. The lowest BCUT2D eigenvalue weighted by Gasteiger charge is -2.09. The van der Waals surface area contributed by atoms with Gasteiger partial charge in [0.2, 0.25) is 0 Å². The smallest absolute Gasteiger partial charge is 0.275 e. The van der Waals surface area contributed by atoms with Gasteiger partial charge in [0.25, 0.3) is 5.69 Å². The molecule has 0 aliphatic carbocycles. The number of hydrogen-bond donors (Lipinski definition) is 1. The van der Waals surface area contributed by atoms with Crippen molar-refractivity contribution in [2.24, 2.45) is 0 Å². The van der Waals surface area contributed by atoms with E-state index in [1.54, 1.807) is 24.4 Å². The number of fused-ring (bicyclic) bond motifs is 1. The quantitative estimate of drug-likeness (QED) is 0.450. The molecule has 6 heteroatoms. The van der Waals surface area contributed by atoms with Gasteiger partial charge in [0.1, 0.15) is 11.5 Å². The number of pyridine rings is 1. The Balaban J connectivity index is 2.05. The Morgan fingerprint density at radius 2 is 2.00 bits per heavy atom. The van der Waals surface area contributed by atoms with Gasteiger partial charge in [0.05, 0.1) is 16.5 Å². The summed E-state index contributed by atoms with van der Waals surface area (Å²) < 4.78 is 5.74. The highest BCUT2D eigenvalue weighted by molar-refractivity contribution is 5.85. The zero-order chi connectivity index (χ0) is 14.8. The lowest BCUT2D eigenvalue weighted by atomic mass is 10.2. The van der Waals surface area contributed by atoms with Gasteiger partial charge in [-0.1, -0.05) is 6.07 Å². The monoisotopic (exact) mass is 281 g/mol. The van der Waals surface area contributed by atoms with Crippen LogP contribution in [-0.4, -0.2) is 9.91 Å². The molecule has 0 spiro atoms. The number of anilines is 1. The van der Waals surface area contributed by atoms with Crippen molar-refractivity contribution in [3.63, 3.8) is 0 Å². The predicted octanol–water partition coefficient (Wildman–Crippen LogP) is 3.52. The molecular weight excluding hydrogens is 270 g/mol. The van der Waals surface area contributed by atoms with E-state index in [9.17, 15) is 10.1 Å². The van der Waals surface area contributed by atoms with Crippen LogP contribution in [0.2, 0.25) is 0 Å². The zero-order valence-corrected chi connectivity index (χ0v) is 10.9. The molecule has 0 saturated carbocycles. The van der Waals surface area contributed by atoms with Crippen LogP contribution in [0.25, 0.3) is 10.9 Å². The maximum Gasteiger partial charge on any atom is 0.275 e. The topological polar surface area (TPSA) is 91.3 Å². The SMILES string of the molecule is Nc1cc(Oc2cccc3ncccc23)cc([N+](=O)[O-])c1. The van der Waals surface area contributed by atoms with Crippen molar-refractivity contribution >= 4 is 22.3 Å². The summed E-state index contributed by atoms with van der Waals surface area (Å²) in [4.78, 5) is 14.6. The molecule has 1 heterocycles. The number of aromatic nitrogens is 1. The van der Waals surface area contributed by atoms with E-state index in [1.807, 2.05) is 18.2 Å². The second-order valence-electron chi connectivity index (χ2n) is 4.45. The molecule has 0 aliphatic heterocycles. The number of nitrogen functional groups attached to an aromatic ring is 1. The fourth-order valence-corrected chi connectivity index (χ4v) is 2.06. The number of non-ortho nitro benzene ring substituents is 1. The highest BCUT2D eigenvalue weighted by Crippen LogP contribution is 2.32. The van der Waals surface area contributed by atoms with Gasteiger partial charge in [-0.05, 0) is 24.3 Å². The molecule has 3 rings (SSSR count). The lowest BCUT2D eigenvalue weighted by molar-refractivity contribution is -0.384. The van der Waals surface area contributed by atoms with Crippen molar-refractivity contribution in [1.82, 2.24) is 4.98 Å². The first-order valence-electron chi connectivity index (χ1n) is 6.20. The molecule has 21 heavy (non-hydrogen) atoms. The maximum atomic E-state index is 10.9. The van der Waals surface area contributed by atoms with E-state index in [2.05, 4.69) is 4.98 Å². The summed E-state index contributed by atoms with van der Waals surface area (Å²) in [6, 6.07) is 13.3. The van der Waals surface area contributed by atoms with Crippen LogP contribution in [0.15, 0.2) is 54.7 Å². The van der Waals surface area contributed by atoms with Gasteiger partial charge < -0.3 is 10.5 Å². The fourth-order valence-electron chi connectivity index (χ4n) is 2.06. The van der Waals surface area contributed by atoms with Gasteiger partial charge in [-0.15, -0.1) is 0 Å². The van der Waals surface area contributed by atoms with Crippen LogP contribution in [0.3, 0.4) is 0 Å². The third-order valence-electron chi connectivity index (χ3n) is 2.96. The molecule has 0 unspecified atom stereocenters. The van der Waals surface area contributed by atoms with E-state index in [4.69, 9.17) is 10.5 Å². The van der Waals surface area contributed by atoms with Gasteiger partial charge in [0, 0.05) is 29.4 Å². The summed E-state index contributed by atoms with van der Waals surface area (Å²) in [5.74, 6) is 0.888. The van der Waals surface area contributed by atoms with Gasteiger partial charge in [0.15, 0.2) is 0 Å². The number of nitro benzene ring substituents is 1. The summed E-state index contributed by atoms with van der Waals surface area (Å²) in [5.41, 5.74) is 6.62. The summed E-state index contributed by atoms with van der Waals surface area (Å²) in [5, 5.41) is 11.7. The average molecular weight is 281 g/mol. The molecule has 3 aromatic rings. The van der Waals surface area contributed by atoms with Gasteiger partial charge in [-0.3, -0.25) is 15.1 Å².